The molecular weight excluding hydrogens is 340 g/mol. The van der Waals surface area contributed by atoms with Crippen molar-refractivity contribution in [3.8, 4) is 0 Å². The summed E-state index contributed by atoms with van der Waals surface area (Å²) in [6.45, 7) is 2.03. The molecule has 2 fully saturated rings. The molecule has 7 heteroatoms. The number of nitrogens with one attached hydrogen (secondary N) is 2. The van der Waals surface area contributed by atoms with E-state index in [2.05, 4.69) is 10.6 Å². The Morgan fingerprint density at radius 2 is 1.92 bits per heavy atom. The molecule has 0 spiro atoms. The summed E-state index contributed by atoms with van der Waals surface area (Å²) < 4.78 is 0. The third-order valence-electron chi connectivity index (χ3n) is 4.95. The molecule has 2 atom stereocenters. The molecule has 1 aliphatic carbocycles. The smallest absolute Gasteiger partial charge is 0.329 e. The molecule has 0 bridgehead atoms. The Bertz CT molecular complexity index is 700. The molecule has 134 valence electrons. The molecule has 1 aliphatic heterocycles. The van der Waals surface area contributed by atoms with Crippen LogP contribution in [0.15, 0.2) is 24.3 Å². The molecule has 1 saturated heterocycles. The second-order valence-corrected chi connectivity index (χ2v) is 8.07. The van der Waals surface area contributed by atoms with Gasteiger partial charge in [0.1, 0.15) is 5.54 Å². The first-order chi connectivity index (χ1) is 11.9. The van der Waals surface area contributed by atoms with Gasteiger partial charge in [-0.05, 0) is 54.9 Å². The second kappa shape index (κ2) is 7.07. The summed E-state index contributed by atoms with van der Waals surface area (Å²) in [4.78, 5) is 36.3. The summed E-state index contributed by atoms with van der Waals surface area (Å²) in [6.07, 6.45) is 1.72. The highest BCUT2D eigenvalue weighted by Gasteiger charge is 2.41. The van der Waals surface area contributed by atoms with Gasteiger partial charge in [-0.25, -0.2) is 4.79 Å². The zero-order valence-corrected chi connectivity index (χ0v) is 14.9. The molecular formula is C18H22N2O4S. The number of anilines is 1. The van der Waals surface area contributed by atoms with Gasteiger partial charge in [0.25, 0.3) is 5.91 Å². The molecule has 25 heavy (non-hydrogen) atoms. The Hall–Kier alpha value is -2.02. The first-order valence-electron chi connectivity index (χ1n) is 8.46. The molecule has 1 aromatic carbocycles. The molecule has 1 aromatic rings. The third kappa shape index (κ3) is 3.98. The van der Waals surface area contributed by atoms with Crippen molar-refractivity contribution in [2.24, 2.45) is 11.8 Å². The van der Waals surface area contributed by atoms with E-state index in [1.807, 2.05) is 6.92 Å². The van der Waals surface area contributed by atoms with Gasteiger partial charge in [-0.2, -0.15) is 11.8 Å². The SMILES string of the molecule is CC1CC1C(=O)Nc1cccc(C(=O)NC2(C(=O)O)CCSCC2)c1. The van der Waals surface area contributed by atoms with Crippen LogP contribution in [0.2, 0.25) is 0 Å². The van der Waals surface area contributed by atoms with Gasteiger partial charge in [0.2, 0.25) is 5.91 Å². The molecule has 3 rings (SSSR count). The maximum atomic E-state index is 12.6. The quantitative estimate of drug-likeness (QED) is 0.747. The van der Waals surface area contributed by atoms with Crippen molar-refractivity contribution in [2.45, 2.75) is 31.7 Å². The Balaban J connectivity index is 1.70. The largest absolute Gasteiger partial charge is 0.480 e. The van der Waals surface area contributed by atoms with Crippen LogP contribution in [-0.2, 0) is 9.59 Å². The number of hydrogen-bond acceptors (Lipinski definition) is 4. The fraction of sp³-hybridized carbons (Fsp3) is 0.500. The molecule has 2 amide bonds. The monoisotopic (exact) mass is 362 g/mol. The lowest BCUT2D eigenvalue weighted by molar-refractivity contribution is -0.144. The highest BCUT2D eigenvalue weighted by atomic mass is 32.2. The molecule has 2 aliphatic rings. The van der Waals surface area contributed by atoms with E-state index in [0.717, 1.165) is 6.42 Å². The van der Waals surface area contributed by atoms with Gasteiger partial charge in [-0.1, -0.05) is 13.0 Å². The van der Waals surface area contributed by atoms with E-state index in [9.17, 15) is 19.5 Å². The lowest BCUT2D eigenvalue weighted by atomic mass is 9.92. The van der Waals surface area contributed by atoms with Crippen LogP contribution in [0.1, 0.15) is 36.5 Å². The van der Waals surface area contributed by atoms with Gasteiger partial charge in [0.15, 0.2) is 0 Å². The fourth-order valence-corrected chi connectivity index (χ4v) is 4.25. The van der Waals surface area contributed by atoms with Crippen LogP contribution in [0, 0.1) is 11.8 Å². The average Bonchev–Trinajstić information content (AvgIpc) is 3.33. The number of thioether (sulfide) groups is 1. The highest BCUT2D eigenvalue weighted by Crippen LogP contribution is 2.38. The van der Waals surface area contributed by atoms with Crippen molar-refractivity contribution in [1.29, 1.82) is 0 Å². The zero-order valence-electron chi connectivity index (χ0n) is 14.1. The van der Waals surface area contributed by atoms with E-state index in [0.29, 0.717) is 41.5 Å². The van der Waals surface area contributed by atoms with Crippen LogP contribution in [-0.4, -0.2) is 39.9 Å². The Morgan fingerprint density at radius 1 is 1.24 bits per heavy atom. The van der Waals surface area contributed by atoms with Crippen LogP contribution in [0.5, 0.6) is 0 Å². The summed E-state index contributed by atoms with van der Waals surface area (Å²) in [5.74, 6) is 0.429. The summed E-state index contributed by atoms with van der Waals surface area (Å²) in [7, 11) is 0. The van der Waals surface area contributed by atoms with E-state index in [1.165, 1.54) is 0 Å². The molecule has 1 heterocycles. The minimum Gasteiger partial charge on any atom is -0.480 e. The molecule has 0 aromatic heterocycles. The number of carboxylic acid groups (broad SMARTS) is 1. The summed E-state index contributed by atoms with van der Waals surface area (Å²) in [6, 6.07) is 6.63. The van der Waals surface area contributed by atoms with Crippen molar-refractivity contribution in [3.63, 3.8) is 0 Å². The Labute approximate surface area is 150 Å². The number of amides is 2. The van der Waals surface area contributed by atoms with Crippen LogP contribution >= 0.6 is 11.8 Å². The van der Waals surface area contributed by atoms with Crippen LogP contribution in [0.3, 0.4) is 0 Å². The topological polar surface area (TPSA) is 95.5 Å². The summed E-state index contributed by atoms with van der Waals surface area (Å²) in [5.41, 5.74) is -0.300. The maximum absolute atomic E-state index is 12.6. The predicted molar refractivity (Wildman–Crippen MR) is 96.7 cm³/mol. The number of carbonyl (C=O) groups excluding carboxylic acids is 2. The minimum absolute atomic E-state index is 0.0311. The van der Waals surface area contributed by atoms with Crippen LogP contribution in [0.25, 0.3) is 0 Å². The lowest BCUT2D eigenvalue weighted by Crippen LogP contribution is -2.56. The van der Waals surface area contributed by atoms with Gasteiger partial charge in [-0.15, -0.1) is 0 Å². The number of hydrogen-bond donors (Lipinski definition) is 3. The van der Waals surface area contributed by atoms with Gasteiger partial charge < -0.3 is 15.7 Å². The second-order valence-electron chi connectivity index (χ2n) is 6.84. The van der Waals surface area contributed by atoms with E-state index >= 15 is 0 Å². The number of rotatable bonds is 5. The molecule has 6 nitrogen and oxygen atoms in total. The van der Waals surface area contributed by atoms with Crippen molar-refractivity contribution in [1.82, 2.24) is 5.32 Å². The van der Waals surface area contributed by atoms with Crippen LogP contribution in [0.4, 0.5) is 5.69 Å². The zero-order chi connectivity index (χ0) is 18.0. The number of carboxylic acids is 1. The van der Waals surface area contributed by atoms with Crippen molar-refractivity contribution in [3.05, 3.63) is 29.8 Å². The first kappa shape index (κ1) is 17.8. The van der Waals surface area contributed by atoms with Crippen molar-refractivity contribution >= 4 is 35.2 Å². The number of benzene rings is 1. The predicted octanol–water partition coefficient (Wildman–Crippen LogP) is 2.36. The van der Waals surface area contributed by atoms with E-state index < -0.39 is 17.4 Å². The van der Waals surface area contributed by atoms with Crippen molar-refractivity contribution in [2.75, 3.05) is 16.8 Å². The normalized spacial score (nSPS) is 24.2. The van der Waals surface area contributed by atoms with Gasteiger partial charge in [-0.3, -0.25) is 9.59 Å². The molecule has 3 N–H and O–H groups in total. The van der Waals surface area contributed by atoms with E-state index in [4.69, 9.17) is 0 Å². The molecule has 0 radical (unpaired) electrons. The van der Waals surface area contributed by atoms with Crippen LogP contribution < -0.4 is 10.6 Å². The van der Waals surface area contributed by atoms with E-state index in [-0.39, 0.29) is 11.8 Å². The Morgan fingerprint density at radius 3 is 2.52 bits per heavy atom. The lowest BCUT2D eigenvalue weighted by Gasteiger charge is -2.33. The standard InChI is InChI=1S/C18H22N2O4S/c1-11-9-14(11)16(22)19-13-4-2-3-12(10-13)15(21)20-18(17(23)24)5-7-25-8-6-18/h2-4,10-11,14H,5-9H2,1H3,(H,19,22)(H,20,21)(H,23,24). The minimum atomic E-state index is -1.20. The van der Waals surface area contributed by atoms with E-state index in [1.54, 1.807) is 36.0 Å². The fourth-order valence-electron chi connectivity index (χ4n) is 3.06. The van der Waals surface area contributed by atoms with Crippen molar-refractivity contribution < 1.29 is 19.5 Å². The van der Waals surface area contributed by atoms with Gasteiger partial charge in [0, 0.05) is 17.2 Å². The number of aliphatic carboxylic acids is 1. The summed E-state index contributed by atoms with van der Waals surface area (Å²) in [5, 5.41) is 15.1. The number of carbonyl (C=O) groups is 3. The van der Waals surface area contributed by atoms with Gasteiger partial charge >= 0.3 is 5.97 Å². The Kier molecular flexibility index (Phi) is 5.03. The summed E-state index contributed by atoms with van der Waals surface area (Å²) >= 11 is 1.69. The molecule has 1 saturated carbocycles. The molecule has 2 unspecified atom stereocenters. The maximum Gasteiger partial charge on any atom is 0.329 e. The first-order valence-corrected chi connectivity index (χ1v) is 9.61. The van der Waals surface area contributed by atoms with Gasteiger partial charge in [0.05, 0.1) is 0 Å². The third-order valence-corrected chi connectivity index (χ3v) is 5.93. The highest BCUT2D eigenvalue weighted by molar-refractivity contribution is 7.99. The average molecular weight is 362 g/mol.